The van der Waals surface area contributed by atoms with E-state index >= 15 is 0 Å². The quantitative estimate of drug-likeness (QED) is 0.857. The van der Waals surface area contributed by atoms with Crippen molar-refractivity contribution in [1.29, 1.82) is 0 Å². The van der Waals surface area contributed by atoms with Crippen LogP contribution < -0.4 is 14.8 Å². The van der Waals surface area contributed by atoms with Gasteiger partial charge in [0.2, 0.25) is 0 Å². The van der Waals surface area contributed by atoms with E-state index in [1.165, 1.54) is 7.11 Å². The van der Waals surface area contributed by atoms with Crippen LogP contribution in [-0.4, -0.2) is 32.3 Å². The molecule has 0 saturated heterocycles. The second kappa shape index (κ2) is 7.16. The molecule has 0 atom stereocenters. The number of para-hydroxylation sites is 2. The molecule has 0 aliphatic heterocycles. The standard InChI is InChI=1S/C12H15NO5/c1-3-17-12(15)13-11(14)8-18-10-7-5-4-6-9(10)16-2/h4-7H,3,8H2,1-2H3,(H,13,14,15). The van der Waals surface area contributed by atoms with Crippen molar-refractivity contribution in [2.24, 2.45) is 0 Å². The van der Waals surface area contributed by atoms with Crippen molar-refractivity contribution in [1.82, 2.24) is 5.32 Å². The van der Waals surface area contributed by atoms with E-state index < -0.39 is 12.0 Å². The van der Waals surface area contributed by atoms with Gasteiger partial charge in [-0.1, -0.05) is 12.1 Å². The summed E-state index contributed by atoms with van der Waals surface area (Å²) in [6.45, 7) is 1.56. The Balaban J connectivity index is 2.45. The van der Waals surface area contributed by atoms with E-state index in [1.807, 2.05) is 5.32 Å². The summed E-state index contributed by atoms with van der Waals surface area (Å²) in [6, 6.07) is 6.90. The van der Waals surface area contributed by atoms with Crippen molar-refractivity contribution in [3.05, 3.63) is 24.3 Å². The van der Waals surface area contributed by atoms with Crippen molar-refractivity contribution in [3.8, 4) is 11.5 Å². The maximum atomic E-state index is 11.3. The third-order valence-electron chi connectivity index (χ3n) is 1.94. The SMILES string of the molecule is CCOC(=O)NC(=O)COc1ccccc1OC. The Kier molecular flexibility index (Phi) is 5.50. The number of benzene rings is 1. The molecule has 0 heterocycles. The van der Waals surface area contributed by atoms with Gasteiger partial charge in [0.05, 0.1) is 13.7 Å². The molecule has 1 aromatic rings. The lowest BCUT2D eigenvalue weighted by molar-refractivity contribution is -0.122. The lowest BCUT2D eigenvalue weighted by Crippen LogP contribution is -2.34. The number of rotatable bonds is 5. The molecular weight excluding hydrogens is 238 g/mol. The van der Waals surface area contributed by atoms with E-state index in [0.717, 1.165) is 0 Å². The molecule has 6 heteroatoms. The van der Waals surface area contributed by atoms with Crippen LogP contribution in [0.3, 0.4) is 0 Å². The number of alkyl carbamates (subject to hydrolysis) is 1. The molecular formula is C12H15NO5. The van der Waals surface area contributed by atoms with Gasteiger partial charge >= 0.3 is 6.09 Å². The summed E-state index contributed by atoms with van der Waals surface area (Å²) in [4.78, 5) is 22.3. The molecule has 98 valence electrons. The molecule has 0 aliphatic carbocycles. The summed E-state index contributed by atoms with van der Waals surface area (Å²) in [6.07, 6.45) is -0.786. The van der Waals surface area contributed by atoms with E-state index in [-0.39, 0.29) is 13.2 Å². The van der Waals surface area contributed by atoms with Crippen LogP contribution in [0.5, 0.6) is 11.5 Å². The highest BCUT2D eigenvalue weighted by atomic mass is 16.6. The Morgan fingerprint density at radius 3 is 2.50 bits per heavy atom. The maximum absolute atomic E-state index is 11.3. The Labute approximate surface area is 105 Å². The minimum atomic E-state index is -0.786. The number of imide groups is 1. The molecule has 0 fully saturated rings. The topological polar surface area (TPSA) is 73.9 Å². The maximum Gasteiger partial charge on any atom is 0.413 e. The minimum Gasteiger partial charge on any atom is -0.493 e. The second-order valence-electron chi connectivity index (χ2n) is 3.21. The third kappa shape index (κ3) is 4.32. The van der Waals surface area contributed by atoms with Crippen LogP contribution in [0.1, 0.15) is 6.92 Å². The molecule has 18 heavy (non-hydrogen) atoms. The zero-order valence-corrected chi connectivity index (χ0v) is 10.3. The Bertz CT molecular complexity index is 419. The van der Waals surface area contributed by atoms with Crippen LogP contribution >= 0.6 is 0 Å². The average molecular weight is 253 g/mol. The lowest BCUT2D eigenvalue weighted by atomic mass is 10.3. The Hall–Kier alpha value is -2.24. The van der Waals surface area contributed by atoms with Gasteiger partial charge in [-0.2, -0.15) is 0 Å². The number of amides is 2. The van der Waals surface area contributed by atoms with Gasteiger partial charge < -0.3 is 14.2 Å². The predicted octanol–water partition coefficient (Wildman–Crippen LogP) is 1.35. The summed E-state index contributed by atoms with van der Waals surface area (Å²) >= 11 is 0. The molecule has 1 aromatic carbocycles. The number of carbonyl (C=O) groups is 2. The number of carbonyl (C=O) groups excluding carboxylic acids is 2. The lowest BCUT2D eigenvalue weighted by Gasteiger charge is -2.09. The molecule has 0 bridgehead atoms. The molecule has 2 amide bonds. The van der Waals surface area contributed by atoms with Crippen LogP contribution in [0, 0.1) is 0 Å². The Morgan fingerprint density at radius 1 is 1.22 bits per heavy atom. The largest absolute Gasteiger partial charge is 0.493 e. The van der Waals surface area contributed by atoms with Crippen LogP contribution in [0.4, 0.5) is 4.79 Å². The summed E-state index contributed by atoms with van der Waals surface area (Å²) < 4.78 is 14.8. The molecule has 0 unspecified atom stereocenters. The number of methoxy groups -OCH3 is 1. The first-order chi connectivity index (χ1) is 8.67. The van der Waals surface area contributed by atoms with Crippen LogP contribution in [-0.2, 0) is 9.53 Å². The van der Waals surface area contributed by atoms with E-state index in [9.17, 15) is 9.59 Å². The molecule has 6 nitrogen and oxygen atoms in total. The number of hydrogen-bond donors (Lipinski definition) is 1. The summed E-state index contributed by atoms with van der Waals surface area (Å²) in [5, 5.41) is 2.02. The van der Waals surface area contributed by atoms with Crippen molar-refractivity contribution >= 4 is 12.0 Å². The molecule has 0 aromatic heterocycles. The number of hydrogen-bond acceptors (Lipinski definition) is 5. The van der Waals surface area contributed by atoms with Crippen LogP contribution in [0.15, 0.2) is 24.3 Å². The number of ether oxygens (including phenoxy) is 3. The second-order valence-corrected chi connectivity index (χ2v) is 3.21. The monoisotopic (exact) mass is 253 g/mol. The zero-order valence-electron chi connectivity index (χ0n) is 10.3. The molecule has 0 radical (unpaired) electrons. The highest BCUT2D eigenvalue weighted by molar-refractivity contribution is 5.92. The minimum absolute atomic E-state index is 0.201. The van der Waals surface area contributed by atoms with Gasteiger partial charge in [0, 0.05) is 0 Å². The highest BCUT2D eigenvalue weighted by Gasteiger charge is 2.10. The molecule has 0 spiro atoms. The summed E-state index contributed by atoms with van der Waals surface area (Å²) in [5.74, 6) is 0.361. The fraction of sp³-hybridized carbons (Fsp3) is 0.333. The van der Waals surface area contributed by atoms with E-state index in [4.69, 9.17) is 9.47 Å². The molecule has 1 rings (SSSR count). The van der Waals surface area contributed by atoms with Gasteiger partial charge in [-0.05, 0) is 19.1 Å². The van der Waals surface area contributed by atoms with Crippen molar-refractivity contribution in [2.45, 2.75) is 6.92 Å². The van der Waals surface area contributed by atoms with Crippen LogP contribution in [0.2, 0.25) is 0 Å². The fourth-order valence-electron chi connectivity index (χ4n) is 1.20. The van der Waals surface area contributed by atoms with Gasteiger partial charge in [-0.25, -0.2) is 4.79 Å². The first-order valence-electron chi connectivity index (χ1n) is 5.39. The van der Waals surface area contributed by atoms with Crippen molar-refractivity contribution < 1.29 is 23.8 Å². The third-order valence-corrected chi connectivity index (χ3v) is 1.94. The van der Waals surface area contributed by atoms with Crippen molar-refractivity contribution in [3.63, 3.8) is 0 Å². The first-order valence-corrected chi connectivity index (χ1v) is 5.39. The Morgan fingerprint density at radius 2 is 1.89 bits per heavy atom. The normalized spacial score (nSPS) is 9.44. The van der Waals surface area contributed by atoms with Crippen molar-refractivity contribution in [2.75, 3.05) is 20.3 Å². The van der Waals surface area contributed by atoms with Crippen LogP contribution in [0.25, 0.3) is 0 Å². The van der Waals surface area contributed by atoms with Gasteiger partial charge in [-0.3, -0.25) is 10.1 Å². The van der Waals surface area contributed by atoms with Gasteiger partial charge in [0.15, 0.2) is 18.1 Å². The van der Waals surface area contributed by atoms with Gasteiger partial charge in [0.1, 0.15) is 0 Å². The zero-order chi connectivity index (χ0) is 13.4. The van der Waals surface area contributed by atoms with E-state index in [0.29, 0.717) is 11.5 Å². The summed E-state index contributed by atoms with van der Waals surface area (Å²) in [5.41, 5.74) is 0. The number of nitrogens with one attached hydrogen (secondary N) is 1. The molecule has 1 N–H and O–H groups in total. The smallest absolute Gasteiger partial charge is 0.413 e. The average Bonchev–Trinajstić information content (AvgIpc) is 2.37. The highest BCUT2D eigenvalue weighted by Crippen LogP contribution is 2.25. The summed E-state index contributed by atoms with van der Waals surface area (Å²) in [7, 11) is 1.50. The molecule has 0 aliphatic rings. The molecule has 0 saturated carbocycles. The van der Waals surface area contributed by atoms with E-state index in [1.54, 1.807) is 31.2 Å². The van der Waals surface area contributed by atoms with Gasteiger partial charge in [-0.15, -0.1) is 0 Å². The fourth-order valence-corrected chi connectivity index (χ4v) is 1.20. The first kappa shape index (κ1) is 13.8. The predicted molar refractivity (Wildman–Crippen MR) is 63.7 cm³/mol. The van der Waals surface area contributed by atoms with E-state index in [2.05, 4.69) is 4.74 Å². The van der Waals surface area contributed by atoms with Gasteiger partial charge in [0.25, 0.3) is 5.91 Å².